The number of rotatable bonds is 6. The van der Waals surface area contributed by atoms with Gasteiger partial charge in [-0.3, -0.25) is 4.72 Å². The van der Waals surface area contributed by atoms with Crippen LogP contribution in [-0.2, 0) is 25.9 Å². The Morgan fingerprint density at radius 2 is 1.50 bits per heavy atom. The fourth-order valence-electron chi connectivity index (χ4n) is 2.36. The van der Waals surface area contributed by atoms with Crippen molar-refractivity contribution in [2.75, 3.05) is 18.9 Å². The standard InChI is InChI=1S/C18H19NO6S/c1-4-12-7-5-6-8-16(12)19-26(22,23)15-10-13(17(20)24-2)9-14(11-15)18(21)25-3/h5-11,19H,4H2,1-3H3. The van der Waals surface area contributed by atoms with Gasteiger partial charge in [-0.15, -0.1) is 0 Å². The van der Waals surface area contributed by atoms with E-state index in [1.165, 1.54) is 6.07 Å². The Morgan fingerprint density at radius 1 is 0.962 bits per heavy atom. The van der Waals surface area contributed by atoms with Crippen LogP contribution in [0.4, 0.5) is 5.69 Å². The second-order valence-corrected chi connectivity index (χ2v) is 7.03. The van der Waals surface area contributed by atoms with Crippen LogP contribution >= 0.6 is 0 Å². The SMILES string of the molecule is CCc1ccccc1NS(=O)(=O)c1cc(C(=O)OC)cc(C(=O)OC)c1. The van der Waals surface area contributed by atoms with Crippen LogP contribution < -0.4 is 4.72 Å². The zero-order valence-corrected chi connectivity index (χ0v) is 15.4. The molecule has 0 radical (unpaired) electrons. The van der Waals surface area contributed by atoms with E-state index in [1.54, 1.807) is 12.1 Å². The van der Waals surface area contributed by atoms with Gasteiger partial charge in [0.1, 0.15) is 0 Å². The maximum absolute atomic E-state index is 12.8. The van der Waals surface area contributed by atoms with Gasteiger partial charge in [0.15, 0.2) is 0 Å². The summed E-state index contributed by atoms with van der Waals surface area (Å²) in [4.78, 5) is 23.4. The average molecular weight is 377 g/mol. The number of ether oxygens (including phenoxy) is 2. The highest BCUT2D eigenvalue weighted by molar-refractivity contribution is 7.92. The molecule has 0 aliphatic carbocycles. The third kappa shape index (κ3) is 4.20. The van der Waals surface area contributed by atoms with Gasteiger partial charge in [-0.25, -0.2) is 18.0 Å². The quantitative estimate of drug-likeness (QED) is 0.777. The molecule has 0 spiro atoms. The Hall–Kier alpha value is -2.87. The van der Waals surface area contributed by atoms with Crippen molar-refractivity contribution in [3.8, 4) is 0 Å². The minimum Gasteiger partial charge on any atom is -0.465 e. The highest BCUT2D eigenvalue weighted by Crippen LogP contribution is 2.23. The lowest BCUT2D eigenvalue weighted by Gasteiger charge is -2.13. The molecule has 0 atom stereocenters. The van der Waals surface area contributed by atoms with E-state index in [0.717, 1.165) is 31.9 Å². The summed E-state index contributed by atoms with van der Waals surface area (Å²) in [5.74, 6) is -1.53. The van der Waals surface area contributed by atoms with Gasteiger partial charge in [-0.05, 0) is 36.2 Å². The number of esters is 2. The molecule has 0 bridgehead atoms. The van der Waals surface area contributed by atoms with Crippen LogP contribution in [0.2, 0.25) is 0 Å². The summed E-state index contributed by atoms with van der Waals surface area (Å²) in [7, 11) is -1.71. The Kier molecular flexibility index (Phi) is 5.99. The molecule has 0 heterocycles. The summed E-state index contributed by atoms with van der Waals surface area (Å²) < 4.78 is 37.3. The summed E-state index contributed by atoms with van der Waals surface area (Å²) in [5, 5.41) is 0. The molecule has 0 fully saturated rings. The number of carbonyl (C=O) groups is 2. The molecule has 0 amide bonds. The van der Waals surface area contributed by atoms with E-state index >= 15 is 0 Å². The molecule has 0 aromatic heterocycles. The number of aryl methyl sites for hydroxylation is 1. The maximum Gasteiger partial charge on any atom is 0.337 e. The van der Waals surface area contributed by atoms with Gasteiger partial charge in [0, 0.05) is 0 Å². The molecule has 2 aromatic carbocycles. The van der Waals surface area contributed by atoms with Crippen molar-refractivity contribution in [1.82, 2.24) is 0 Å². The molecular weight excluding hydrogens is 358 g/mol. The molecule has 138 valence electrons. The van der Waals surface area contributed by atoms with Crippen molar-refractivity contribution >= 4 is 27.6 Å². The zero-order valence-electron chi connectivity index (χ0n) is 14.6. The molecule has 1 N–H and O–H groups in total. The van der Waals surface area contributed by atoms with Crippen LogP contribution in [0.15, 0.2) is 47.4 Å². The van der Waals surface area contributed by atoms with E-state index in [4.69, 9.17) is 0 Å². The Labute approximate surface area is 152 Å². The predicted octanol–water partition coefficient (Wildman–Crippen LogP) is 2.62. The van der Waals surface area contributed by atoms with Gasteiger partial charge in [0.25, 0.3) is 10.0 Å². The molecule has 8 heteroatoms. The molecule has 0 aliphatic heterocycles. The third-order valence-corrected chi connectivity index (χ3v) is 5.05. The number of hydrogen-bond acceptors (Lipinski definition) is 6. The lowest BCUT2D eigenvalue weighted by molar-refractivity contribution is 0.0598. The Balaban J connectivity index is 2.54. The van der Waals surface area contributed by atoms with E-state index < -0.39 is 22.0 Å². The van der Waals surface area contributed by atoms with Crippen LogP contribution in [0.3, 0.4) is 0 Å². The maximum atomic E-state index is 12.8. The first-order valence-corrected chi connectivity index (χ1v) is 9.23. The third-order valence-electron chi connectivity index (χ3n) is 3.70. The van der Waals surface area contributed by atoms with Crippen molar-refractivity contribution in [3.05, 3.63) is 59.2 Å². The summed E-state index contributed by atoms with van der Waals surface area (Å²) >= 11 is 0. The monoisotopic (exact) mass is 377 g/mol. The summed E-state index contributed by atoms with van der Waals surface area (Å²) in [6.07, 6.45) is 0.633. The van der Waals surface area contributed by atoms with E-state index in [2.05, 4.69) is 14.2 Å². The molecule has 0 aliphatic rings. The van der Waals surface area contributed by atoms with E-state index in [1.807, 2.05) is 19.1 Å². The van der Waals surface area contributed by atoms with E-state index in [0.29, 0.717) is 12.1 Å². The molecule has 0 saturated carbocycles. The molecule has 2 rings (SSSR count). The number of nitrogens with one attached hydrogen (secondary N) is 1. The van der Waals surface area contributed by atoms with Crippen LogP contribution in [-0.4, -0.2) is 34.6 Å². The van der Waals surface area contributed by atoms with Crippen LogP contribution in [0, 0.1) is 0 Å². The molecule has 0 unspecified atom stereocenters. The zero-order chi connectivity index (χ0) is 19.3. The fraction of sp³-hybridized carbons (Fsp3) is 0.222. The number of methoxy groups -OCH3 is 2. The lowest BCUT2D eigenvalue weighted by Crippen LogP contribution is -2.16. The van der Waals surface area contributed by atoms with Crippen LogP contribution in [0.1, 0.15) is 33.2 Å². The van der Waals surface area contributed by atoms with E-state index in [-0.39, 0.29) is 16.0 Å². The van der Waals surface area contributed by atoms with Crippen molar-refractivity contribution in [3.63, 3.8) is 0 Å². The summed E-state index contributed by atoms with van der Waals surface area (Å²) in [6, 6.07) is 10.5. The first kappa shape index (κ1) is 19.5. The van der Waals surface area contributed by atoms with Crippen LogP contribution in [0.25, 0.3) is 0 Å². The Bertz CT molecular complexity index is 902. The largest absolute Gasteiger partial charge is 0.465 e. The lowest BCUT2D eigenvalue weighted by atomic mass is 10.1. The number of anilines is 1. The van der Waals surface area contributed by atoms with Gasteiger partial charge < -0.3 is 9.47 Å². The minimum atomic E-state index is -4.04. The number of sulfonamides is 1. The number of benzene rings is 2. The van der Waals surface area contributed by atoms with E-state index in [9.17, 15) is 18.0 Å². The number of hydrogen-bond donors (Lipinski definition) is 1. The number of carbonyl (C=O) groups excluding carboxylic acids is 2. The molecule has 26 heavy (non-hydrogen) atoms. The first-order valence-electron chi connectivity index (χ1n) is 7.74. The fourth-order valence-corrected chi connectivity index (χ4v) is 3.53. The van der Waals surface area contributed by atoms with Gasteiger partial charge in [0.05, 0.1) is 35.9 Å². The van der Waals surface area contributed by atoms with Gasteiger partial charge in [-0.1, -0.05) is 25.1 Å². The average Bonchev–Trinajstić information content (AvgIpc) is 2.66. The topological polar surface area (TPSA) is 98.8 Å². The van der Waals surface area contributed by atoms with Crippen LogP contribution in [0.5, 0.6) is 0 Å². The van der Waals surface area contributed by atoms with Crippen molar-refractivity contribution in [2.45, 2.75) is 18.2 Å². The molecule has 0 saturated heterocycles. The molecule has 2 aromatic rings. The second kappa shape index (κ2) is 8.01. The van der Waals surface area contributed by atoms with Crippen molar-refractivity contribution in [2.24, 2.45) is 0 Å². The Morgan fingerprint density at radius 3 is 2.00 bits per heavy atom. The van der Waals surface area contributed by atoms with Crippen molar-refractivity contribution < 1.29 is 27.5 Å². The minimum absolute atomic E-state index is 0.0699. The molecule has 7 nitrogen and oxygen atoms in total. The summed E-state index contributed by atoms with van der Waals surface area (Å²) in [5.41, 5.74) is 1.10. The predicted molar refractivity (Wildman–Crippen MR) is 95.7 cm³/mol. The van der Waals surface area contributed by atoms with Crippen molar-refractivity contribution in [1.29, 1.82) is 0 Å². The smallest absolute Gasteiger partial charge is 0.337 e. The normalized spacial score (nSPS) is 10.9. The summed E-state index contributed by atoms with van der Waals surface area (Å²) in [6.45, 7) is 1.90. The second-order valence-electron chi connectivity index (χ2n) is 5.35. The van der Waals surface area contributed by atoms with Gasteiger partial charge >= 0.3 is 11.9 Å². The molecular formula is C18H19NO6S. The van der Waals surface area contributed by atoms with Gasteiger partial charge in [-0.2, -0.15) is 0 Å². The first-order chi connectivity index (χ1) is 12.3. The highest BCUT2D eigenvalue weighted by atomic mass is 32.2. The number of para-hydroxylation sites is 1. The highest BCUT2D eigenvalue weighted by Gasteiger charge is 2.21. The van der Waals surface area contributed by atoms with Gasteiger partial charge in [0.2, 0.25) is 0 Å².